The van der Waals surface area contributed by atoms with E-state index in [4.69, 9.17) is 13.6 Å². The summed E-state index contributed by atoms with van der Waals surface area (Å²) in [6.45, 7) is 0. The lowest BCUT2D eigenvalue weighted by Crippen LogP contribution is -1.97. The van der Waals surface area contributed by atoms with E-state index in [1.807, 2.05) is 30.3 Å². The predicted molar refractivity (Wildman–Crippen MR) is 53.4 cm³/mol. The Kier molecular flexibility index (Phi) is 1.07. The monoisotopic (exact) mass is 220 g/mol. The van der Waals surface area contributed by atoms with Gasteiger partial charge in [0.2, 0.25) is 5.75 Å². The van der Waals surface area contributed by atoms with E-state index in [1.165, 1.54) is 0 Å². The van der Waals surface area contributed by atoms with Crippen molar-refractivity contribution >= 4 is 18.6 Å². The van der Waals surface area contributed by atoms with Gasteiger partial charge >= 0.3 is 7.82 Å². The standard InChI is InChI=1S/C10H5O4P/c11-15-12-8-5-6-3-1-2-4-7(6)9(13-15)10(8)14-15/h1-5H. The van der Waals surface area contributed by atoms with Crippen LogP contribution in [0.5, 0.6) is 17.2 Å². The number of fused-ring (bicyclic) bond motifs is 3. The summed E-state index contributed by atoms with van der Waals surface area (Å²) in [5.41, 5.74) is 0. The average molecular weight is 220 g/mol. The highest BCUT2D eigenvalue weighted by molar-refractivity contribution is 7.50. The maximum absolute atomic E-state index is 11.7. The second kappa shape index (κ2) is 2.12. The van der Waals surface area contributed by atoms with Gasteiger partial charge in [-0.2, -0.15) is 4.57 Å². The van der Waals surface area contributed by atoms with E-state index in [0.29, 0.717) is 17.2 Å². The van der Waals surface area contributed by atoms with Crippen LogP contribution in [0.25, 0.3) is 10.8 Å². The van der Waals surface area contributed by atoms with Crippen molar-refractivity contribution < 1.29 is 18.1 Å². The molecule has 0 fully saturated rings. The number of rotatable bonds is 0. The zero-order chi connectivity index (χ0) is 10.0. The molecular weight excluding hydrogens is 215 g/mol. The largest absolute Gasteiger partial charge is 0.647 e. The topological polar surface area (TPSA) is 44.8 Å². The lowest BCUT2D eigenvalue weighted by Gasteiger charge is -2.11. The van der Waals surface area contributed by atoms with Gasteiger partial charge in [-0.25, -0.2) is 0 Å². The summed E-state index contributed by atoms with van der Waals surface area (Å²) in [5, 5.41) is 1.89. The van der Waals surface area contributed by atoms with Gasteiger partial charge in [0.15, 0.2) is 11.5 Å². The van der Waals surface area contributed by atoms with E-state index < -0.39 is 7.82 Å². The van der Waals surface area contributed by atoms with Crippen LogP contribution in [0.15, 0.2) is 30.3 Å². The Labute approximate surface area is 85.0 Å². The SMILES string of the molecule is O=P12Oc3cc4ccccc4c(c3O1)O2. The van der Waals surface area contributed by atoms with E-state index in [2.05, 4.69) is 0 Å². The highest BCUT2D eigenvalue weighted by Crippen LogP contribution is 2.70. The molecule has 15 heavy (non-hydrogen) atoms. The summed E-state index contributed by atoms with van der Waals surface area (Å²) in [5.74, 6) is 1.52. The number of hydrogen-bond donors (Lipinski definition) is 0. The van der Waals surface area contributed by atoms with E-state index in [-0.39, 0.29) is 0 Å². The number of phosphoric ester groups is 1. The van der Waals surface area contributed by atoms with Crippen molar-refractivity contribution in [3.8, 4) is 17.2 Å². The third-order valence-electron chi connectivity index (χ3n) is 2.54. The average Bonchev–Trinajstić information content (AvgIpc) is 2.70. The normalized spacial score (nSPS) is 24.8. The minimum absolute atomic E-state index is 0.469. The van der Waals surface area contributed by atoms with Crippen LogP contribution in [0.3, 0.4) is 0 Å². The third kappa shape index (κ3) is 0.809. The molecule has 1 atom stereocenters. The smallest absolute Gasteiger partial charge is 0.382 e. The fourth-order valence-electron chi connectivity index (χ4n) is 1.92. The Morgan fingerprint density at radius 1 is 1.00 bits per heavy atom. The van der Waals surface area contributed by atoms with E-state index in [0.717, 1.165) is 10.8 Å². The summed E-state index contributed by atoms with van der Waals surface area (Å²) < 4.78 is 27.1. The van der Waals surface area contributed by atoms with Gasteiger partial charge in [0.25, 0.3) is 0 Å². The Morgan fingerprint density at radius 3 is 2.67 bits per heavy atom. The van der Waals surface area contributed by atoms with Crippen LogP contribution in [0.4, 0.5) is 0 Å². The molecule has 0 radical (unpaired) electrons. The van der Waals surface area contributed by atoms with Gasteiger partial charge in [0.05, 0.1) is 0 Å². The van der Waals surface area contributed by atoms with Crippen molar-refractivity contribution in [3.63, 3.8) is 0 Å². The summed E-state index contributed by atoms with van der Waals surface area (Å²) in [6, 6.07) is 9.49. The molecule has 2 bridgehead atoms. The molecule has 2 aromatic carbocycles. The zero-order valence-electron chi connectivity index (χ0n) is 7.47. The second-order valence-electron chi connectivity index (χ2n) is 3.48. The van der Waals surface area contributed by atoms with E-state index in [9.17, 15) is 4.57 Å². The summed E-state index contributed by atoms with van der Waals surface area (Å²) in [4.78, 5) is 0. The number of phosphoric acid groups is 1. The molecule has 0 N–H and O–H groups in total. The zero-order valence-corrected chi connectivity index (χ0v) is 8.36. The maximum atomic E-state index is 11.7. The molecule has 0 saturated carbocycles. The quantitative estimate of drug-likeness (QED) is 0.640. The van der Waals surface area contributed by atoms with Crippen molar-refractivity contribution in [2.45, 2.75) is 0 Å². The Bertz CT molecular complexity index is 643. The first kappa shape index (κ1) is 7.60. The fraction of sp³-hybridized carbons (Fsp3) is 0. The van der Waals surface area contributed by atoms with Gasteiger partial charge in [0.1, 0.15) is 0 Å². The number of benzene rings is 2. The molecule has 4 rings (SSSR count). The minimum atomic E-state index is -3.35. The third-order valence-corrected chi connectivity index (χ3v) is 3.77. The van der Waals surface area contributed by atoms with Crippen LogP contribution in [-0.2, 0) is 4.57 Å². The van der Waals surface area contributed by atoms with Gasteiger partial charge in [0, 0.05) is 5.39 Å². The van der Waals surface area contributed by atoms with Crippen molar-refractivity contribution in [2.24, 2.45) is 0 Å². The van der Waals surface area contributed by atoms with Crippen molar-refractivity contribution in [1.82, 2.24) is 0 Å². The van der Waals surface area contributed by atoms with Crippen LogP contribution in [0.1, 0.15) is 0 Å². The van der Waals surface area contributed by atoms with Gasteiger partial charge in [-0.3, -0.25) is 0 Å². The molecule has 4 nitrogen and oxygen atoms in total. The first-order valence-electron chi connectivity index (χ1n) is 4.50. The Balaban J connectivity index is 2.22. The van der Waals surface area contributed by atoms with Crippen LogP contribution in [0, 0.1) is 0 Å². The van der Waals surface area contributed by atoms with Crippen molar-refractivity contribution in [1.29, 1.82) is 0 Å². The summed E-state index contributed by atoms with van der Waals surface area (Å²) in [6.07, 6.45) is 0. The maximum Gasteiger partial charge on any atom is 0.647 e. The number of hydrogen-bond acceptors (Lipinski definition) is 4. The van der Waals surface area contributed by atoms with Gasteiger partial charge in [-0.05, 0) is 11.5 Å². The van der Waals surface area contributed by atoms with E-state index >= 15 is 0 Å². The molecule has 2 aliphatic heterocycles. The van der Waals surface area contributed by atoms with Crippen molar-refractivity contribution in [2.75, 3.05) is 0 Å². The second-order valence-corrected chi connectivity index (χ2v) is 4.92. The predicted octanol–water partition coefficient (Wildman–Crippen LogP) is 3.11. The van der Waals surface area contributed by atoms with Crippen LogP contribution in [0.2, 0.25) is 0 Å². The summed E-state index contributed by atoms with van der Waals surface area (Å²) in [7, 11) is -3.35. The molecule has 0 amide bonds. The van der Waals surface area contributed by atoms with Crippen LogP contribution >= 0.6 is 7.82 Å². The first-order chi connectivity index (χ1) is 7.25. The highest BCUT2D eigenvalue weighted by atomic mass is 31.2. The van der Waals surface area contributed by atoms with Gasteiger partial charge in [-0.1, -0.05) is 24.3 Å². The summed E-state index contributed by atoms with van der Waals surface area (Å²) >= 11 is 0. The Hall–Kier alpha value is -1.67. The first-order valence-corrected chi connectivity index (χ1v) is 5.96. The molecular formula is C10H5O4P. The van der Waals surface area contributed by atoms with Crippen molar-refractivity contribution in [3.05, 3.63) is 30.3 Å². The van der Waals surface area contributed by atoms with Gasteiger partial charge < -0.3 is 13.6 Å². The molecule has 0 saturated heterocycles. The molecule has 0 spiro atoms. The molecule has 1 unspecified atom stereocenters. The Morgan fingerprint density at radius 2 is 1.80 bits per heavy atom. The molecule has 2 aromatic rings. The minimum Gasteiger partial charge on any atom is -0.382 e. The van der Waals surface area contributed by atoms with Gasteiger partial charge in [-0.15, -0.1) is 0 Å². The molecule has 2 aliphatic rings. The molecule has 2 heterocycles. The van der Waals surface area contributed by atoms with Crippen LogP contribution in [-0.4, -0.2) is 0 Å². The molecule has 0 aromatic heterocycles. The van der Waals surface area contributed by atoms with E-state index in [1.54, 1.807) is 0 Å². The molecule has 0 aliphatic carbocycles. The fourth-order valence-corrected chi connectivity index (χ4v) is 3.21. The lowest BCUT2D eigenvalue weighted by atomic mass is 10.1. The molecule has 74 valence electrons. The molecule has 5 heteroatoms. The highest BCUT2D eigenvalue weighted by Gasteiger charge is 2.50. The lowest BCUT2D eigenvalue weighted by molar-refractivity contribution is 0.355. The van der Waals surface area contributed by atoms with Crippen LogP contribution < -0.4 is 13.6 Å².